The smallest absolute Gasteiger partial charge is 0.172 e. The highest BCUT2D eigenvalue weighted by Crippen LogP contribution is 2.30. The molecular weight excluding hydrogens is 496 g/mol. The fraction of sp³-hybridized carbons (Fsp3) is 0.280. The zero-order valence-electron chi connectivity index (χ0n) is 18.6. The second-order valence-electron chi connectivity index (χ2n) is 8.85. The zero-order valence-corrected chi connectivity index (χ0v) is 21.0. The summed E-state index contributed by atoms with van der Waals surface area (Å²) in [5.74, 6) is 1.51. The lowest BCUT2D eigenvalue weighted by molar-refractivity contribution is 0.173. The number of likely N-dealkylation sites (tertiary alicyclic amines) is 1. The average Bonchev–Trinajstić information content (AvgIpc) is 3.19. The molecule has 5 rings (SSSR count). The van der Waals surface area contributed by atoms with Crippen LogP contribution in [0.1, 0.15) is 18.4 Å². The SMILES string of the molecule is Bc1cccc(CN2CCCC(CNc3cc(-c4ccccc4Cl)nc4c(Br)cnn34)C2)c1. The maximum absolute atomic E-state index is 6.47. The van der Waals surface area contributed by atoms with E-state index in [-0.39, 0.29) is 0 Å². The minimum atomic E-state index is 0.578. The molecule has 0 bridgehead atoms. The summed E-state index contributed by atoms with van der Waals surface area (Å²) in [6, 6.07) is 18.7. The van der Waals surface area contributed by atoms with Crippen LogP contribution in [-0.2, 0) is 6.54 Å². The molecule has 0 saturated carbocycles. The first kappa shape index (κ1) is 22.4. The van der Waals surface area contributed by atoms with Crippen molar-refractivity contribution in [3.05, 3.63) is 75.9 Å². The van der Waals surface area contributed by atoms with Gasteiger partial charge in [0.15, 0.2) is 5.65 Å². The molecular formula is C25H26BBrClN5. The van der Waals surface area contributed by atoms with Gasteiger partial charge in [0.05, 0.1) is 16.4 Å². The van der Waals surface area contributed by atoms with Crippen molar-refractivity contribution in [1.29, 1.82) is 0 Å². The molecule has 1 atom stereocenters. The Morgan fingerprint density at radius 1 is 1.15 bits per heavy atom. The topological polar surface area (TPSA) is 45.5 Å². The molecule has 1 N–H and O–H groups in total. The zero-order chi connectivity index (χ0) is 22.8. The summed E-state index contributed by atoms with van der Waals surface area (Å²) in [6.45, 7) is 4.16. The van der Waals surface area contributed by atoms with Crippen molar-refractivity contribution in [2.45, 2.75) is 19.4 Å². The first-order valence-electron chi connectivity index (χ1n) is 11.4. The van der Waals surface area contributed by atoms with Gasteiger partial charge in [-0.15, -0.1) is 0 Å². The Balaban J connectivity index is 1.33. The standard InChI is InChI=1S/C25H26BBrClN5/c26-19-7-3-5-17(11-19)15-32-10-4-6-18(16-32)13-29-24-12-23(20-8-1-2-9-22(20)28)31-25-21(27)14-30-33(24)25/h1-3,5,7-9,11-12,14,18,29H,4,6,10,13,15-16,26H2. The molecule has 1 aliphatic rings. The first-order valence-corrected chi connectivity index (χ1v) is 12.5. The first-order chi connectivity index (χ1) is 16.1. The van der Waals surface area contributed by atoms with Crippen molar-refractivity contribution in [1.82, 2.24) is 19.5 Å². The van der Waals surface area contributed by atoms with Crippen molar-refractivity contribution >= 4 is 52.3 Å². The summed E-state index contributed by atoms with van der Waals surface area (Å²) in [5.41, 5.74) is 5.25. The molecule has 1 aliphatic heterocycles. The molecule has 1 saturated heterocycles. The lowest BCUT2D eigenvalue weighted by Gasteiger charge is -2.33. The molecule has 5 nitrogen and oxygen atoms in total. The third kappa shape index (κ3) is 5.10. The Morgan fingerprint density at radius 2 is 2.03 bits per heavy atom. The number of rotatable bonds is 6. The van der Waals surface area contributed by atoms with Gasteiger partial charge in [-0.25, -0.2) is 4.98 Å². The molecule has 0 aliphatic carbocycles. The number of hydrogen-bond donors (Lipinski definition) is 1. The van der Waals surface area contributed by atoms with Gasteiger partial charge >= 0.3 is 0 Å². The number of aromatic nitrogens is 3. The van der Waals surface area contributed by atoms with Crippen LogP contribution in [0, 0.1) is 5.92 Å². The van der Waals surface area contributed by atoms with Gasteiger partial charge in [0.25, 0.3) is 0 Å². The number of halogens is 2. The highest BCUT2D eigenvalue weighted by molar-refractivity contribution is 9.10. The third-order valence-corrected chi connectivity index (χ3v) is 7.13. The van der Waals surface area contributed by atoms with Crippen LogP contribution in [-0.4, -0.2) is 47.0 Å². The molecule has 2 aromatic heterocycles. The Hall–Kier alpha value is -2.35. The van der Waals surface area contributed by atoms with E-state index in [9.17, 15) is 0 Å². The molecule has 0 radical (unpaired) electrons. The lowest BCUT2D eigenvalue weighted by atomic mass is 9.93. The van der Waals surface area contributed by atoms with Crippen LogP contribution >= 0.6 is 27.5 Å². The van der Waals surface area contributed by atoms with E-state index in [0.717, 1.165) is 53.4 Å². The number of piperidine rings is 1. The molecule has 2 aromatic carbocycles. The van der Waals surface area contributed by atoms with E-state index in [1.807, 2.05) is 34.8 Å². The van der Waals surface area contributed by atoms with Gasteiger partial charge in [-0.3, -0.25) is 4.90 Å². The number of fused-ring (bicyclic) bond motifs is 1. The van der Waals surface area contributed by atoms with Gasteiger partial charge in [0.2, 0.25) is 0 Å². The molecule has 0 amide bonds. The van der Waals surface area contributed by atoms with Crippen molar-refractivity contribution in [2.24, 2.45) is 5.92 Å². The van der Waals surface area contributed by atoms with Gasteiger partial charge in [0.1, 0.15) is 13.7 Å². The molecule has 3 heterocycles. The highest BCUT2D eigenvalue weighted by atomic mass is 79.9. The summed E-state index contributed by atoms with van der Waals surface area (Å²) >= 11 is 10.1. The van der Waals surface area contributed by atoms with Crippen LogP contribution in [0.25, 0.3) is 16.9 Å². The van der Waals surface area contributed by atoms with Gasteiger partial charge in [0, 0.05) is 36.3 Å². The quantitative estimate of drug-likeness (QED) is 0.382. The number of benzene rings is 2. The minimum absolute atomic E-state index is 0.578. The van der Waals surface area contributed by atoms with Crippen molar-refractivity contribution in [3.63, 3.8) is 0 Å². The van der Waals surface area contributed by atoms with E-state index in [4.69, 9.17) is 16.6 Å². The summed E-state index contributed by atoms with van der Waals surface area (Å²) in [5, 5.41) is 8.87. The summed E-state index contributed by atoms with van der Waals surface area (Å²) in [7, 11) is 2.16. The summed E-state index contributed by atoms with van der Waals surface area (Å²) in [4.78, 5) is 7.38. The monoisotopic (exact) mass is 521 g/mol. The maximum Gasteiger partial charge on any atom is 0.172 e. The normalized spacial score (nSPS) is 16.8. The fourth-order valence-electron chi connectivity index (χ4n) is 4.65. The van der Waals surface area contributed by atoms with Crippen LogP contribution < -0.4 is 10.8 Å². The largest absolute Gasteiger partial charge is 0.370 e. The number of nitrogens with zero attached hydrogens (tertiary/aromatic N) is 4. The molecule has 168 valence electrons. The lowest BCUT2D eigenvalue weighted by Crippen LogP contribution is -2.37. The predicted molar refractivity (Wildman–Crippen MR) is 142 cm³/mol. The van der Waals surface area contributed by atoms with Crippen LogP contribution in [0.2, 0.25) is 5.02 Å². The van der Waals surface area contributed by atoms with Gasteiger partial charge in [-0.2, -0.15) is 9.61 Å². The van der Waals surface area contributed by atoms with Gasteiger partial charge < -0.3 is 5.32 Å². The number of nitrogens with one attached hydrogen (secondary N) is 1. The van der Waals surface area contributed by atoms with Crippen LogP contribution in [0.5, 0.6) is 0 Å². The van der Waals surface area contributed by atoms with Gasteiger partial charge in [-0.05, 0) is 52.9 Å². The molecule has 4 aromatic rings. The van der Waals surface area contributed by atoms with Crippen LogP contribution in [0.4, 0.5) is 5.82 Å². The minimum Gasteiger partial charge on any atom is -0.370 e. The molecule has 33 heavy (non-hydrogen) atoms. The van der Waals surface area contributed by atoms with Crippen LogP contribution in [0.15, 0.2) is 65.3 Å². The Bertz CT molecular complexity index is 1280. The van der Waals surface area contributed by atoms with E-state index in [1.165, 1.54) is 23.9 Å². The highest BCUT2D eigenvalue weighted by Gasteiger charge is 2.21. The second kappa shape index (κ2) is 9.88. The molecule has 0 spiro atoms. The Morgan fingerprint density at radius 3 is 2.88 bits per heavy atom. The van der Waals surface area contributed by atoms with E-state index in [2.05, 4.69) is 63.4 Å². The molecule has 1 unspecified atom stereocenters. The van der Waals surface area contributed by atoms with Crippen molar-refractivity contribution < 1.29 is 0 Å². The Kier molecular flexibility index (Phi) is 6.72. The van der Waals surface area contributed by atoms with E-state index in [1.54, 1.807) is 6.20 Å². The van der Waals surface area contributed by atoms with Crippen LogP contribution in [0.3, 0.4) is 0 Å². The van der Waals surface area contributed by atoms with E-state index >= 15 is 0 Å². The summed E-state index contributed by atoms with van der Waals surface area (Å²) in [6.07, 6.45) is 4.24. The maximum atomic E-state index is 6.47. The number of hydrogen-bond acceptors (Lipinski definition) is 4. The third-order valence-electron chi connectivity index (χ3n) is 6.24. The van der Waals surface area contributed by atoms with Gasteiger partial charge in [-0.1, -0.05) is 59.5 Å². The van der Waals surface area contributed by atoms with Crippen molar-refractivity contribution in [3.8, 4) is 11.3 Å². The predicted octanol–water partition coefficient (Wildman–Crippen LogP) is 4.39. The molecule has 8 heteroatoms. The van der Waals surface area contributed by atoms with Crippen molar-refractivity contribution in [2.75, 3.05) is 25.0 Å². The summed E-state index contributed by atoms with van der Waals surface area (Å²) < 4.78 is 2.72. The second-order valence-corrected chi connectivity index (χ2v) is 10.1. The average molecular weight is 523 g/mol. The van der Waals surface area contributed by atoms with E-state index < -0.39 is 0 Å². The fourth-order valence-corrected chi connectivity index (χ4v) is 5.23. The van der Waals surface area contributed by atoms with E-state index in [0.29, 0.717) is 10.9 Å². The molecule has 1 fully saturated rings. The number of anilines is 1. The Labute approximate surface area is 208 Å².